The van der Waals surface area contributed by atoms with Crippen molar-refractivity contribution in [2.75, 3.05) is 25.1 Å². The van der Waals surface area contributed by atoms with Crippen molar-refractivity contribution in [2.24, 2.45) is 5.73 Å². The first-order chi connectivity index (χ1) is 8.66. The predicted molar refractivity (Wildman–Crippen MR) is 66.2 cm³/mol. The number of fused-ring (bicyclic) bond motifs is 1. The molecule has 0 unspecified atom stereocenters. The second kappa shape index (κ2) is 5.46. The van der Waals surface area contributed by atoms with Gasteiger partial charge < -0.3 is 15.8 Å². The molecule has 2 aromatic heterocycles. The van der Waals surface area contributed by atoms with Crippen LogP contribution in [0.1, 0.15) is 5.56 Å². The average molecular weight is 249 g/mol. The third-order valence-electron chi connectivity index (χ3n) is 2.33. The summed E-state index contributed by atoms with van der Waals surface area (Å²) in [4.78, 5) is 14.8. The minimum Gasteiger partial charge on any atom is -0.370 e. The zero-order valence-electron chi connectivity index (χ0n) is 10.1. The molecule has 0 fully saturated rings. The topological polar surface area (TPSA) is 94.5 Å². The van der Waals surface area contributed by atoms with Gasteiger partial charge in [-0.15, -0.1) is 5.10 Å². The van der Waals surface area contributed by atoms with Crippen LogP contribution in [0.5, 0.6) is 0 Å². The van der Waals surface area contributed by atoms with Crippen molar-refractivity contribution in [3.63, 3.8) is 0 Å². The number of rotatable bonds is 6. The van der Waals surface area contributed by atoms with Crippen LogP contribution in [-0.2, 0) is 9.53 Å². The zero-order chi connectivity index (χ0) is 13.0. The number of ether oxygens (including phenoxy) is 1. The van der Waals surface area contributed by atoms with Crippen LogP contribution in [-0.4, -0.2) is 40.3 Å². The molecule has 3 N–H and O–H groups in total. The van der Waals surface area contributed by atoms with E-state index in [1.54, 1.807) is 4.52 Å². The van der Waals surface area contributed by atoms with E-state index in [9.17, 15) is 4.79 Å². The lowest BCUT2D eigenvalue weighted by Crippen LogP contribution is -2.20. The van der Waals surface area contributed by atoms with Crippen LogP contribution in [0.4, 0.5) is 5.95 Å². The molecule has 0 atom stereocenters. The maximum Gasteiger partial charge on any atom is 0.243 e. The highest BCUT2D eigenvalue weighted by molar-refractivity contribution is 5.74. The summed E-state index contributed by atoms with van der Waals surface area (Å²) in [5.74, 6) is 0.0588. The second-order valence-corrected chi connectivity index (χ2v) is 3.84. The quantitative estimate of drug-likeness (QED) is 0.700. The Bertz CT molecular complexity index is 551. The maximum absolute atomic E-state index is 10.4. The van der Waals surface area contributed by atoms with Crippen molar-refractivity contribution in [2.45, 2.75) is 6.92 Å². The van der Waals surface area contributed by atoms with Crippen LogP contribution >= 0.6 is 0 Å². The first kappa shape index (κ1) is 12.3. The van der Waals surface area contributed by atoms with Crippen LogP contribution in [0.15, 0.2) is 18.3 Å². The summed E-state index contributed by atoms with van der Waals surface area (Å²) < 4.78 is 6.73. The van der Waals surface area contributed by atoms with E-state index < -0.39 is 5.91 Å². The Balaban J connectivity index is 1.88. The van der Waals surface area contributed by atoms with Gasteiger partial charge in [0.25, 0.3) is 0 Å². The fourth-order valence-corrected chi connectivity index (χ4v) is 1.52. The van der Waals surface area contributed by atoms with Gasteiger partial charge in [-0.05, 0) is 18.6 Å². The van der Waals surface area contributed by atoms with Crippen LogP contribution in [0, 0.1) is 6.92 Å². The van der Waals surface area contributed by atoms with E-state index in [1.807, 2.05) is 25.3 Å². The molecule has 2 heterocycles. The number of nitrogens with zero attached hydrogens (tertiary/aromatic N) is 3. The SMILES string of the molecule is Cc1cccn2nc(NCCOCC(N)=O)nc12. The maximum atomic E-state index is 10.4. The van der Waals surface area contributed by atoms with Crippen molar-refractivity contribution in [1.29, 1.82) is 0 Å². The van der Waals surface area contributed by atoms with Gasteiger partial charge in [0.2, 0.25) is 11.9 Å². The van der Waals surface area contributed by atoms with Crippen LogP contribution in [0.25, 0.3) is 5.65 Å². The number of aromatic nitrogens is 3. The summed E-state index contributed by atoms with van der Waals surface area (Å²) in [7, 11) is 0. The molecule has 0 radical (unpaired) electrons. The predicted octanol–water partition coefficient (Wildman–Crippen LogP) is -0.0485. The Hall–Kier alpha value is -2.15. The molecule has 0 aliphatic carbocycles. The van der Waals surface area contributed by atoms with E-state index in [1.165, 1.54) is 0 Å². The first-order valence-electron chi connectivity index (χ1n) is 5.59. The highest BCUT2D eigenvalue weighted by Gasteiger charge is 2.04. The summed E-state index contributed by atoms with van der Waals surface area (Å²) in [6, 6.07) is 3.89. The van der Waals surface area contributed by atoms with Crippen LogP contribution < -0.4 is 11.1 Å². The van der Waals surface area contributed by atoms with Gasteiger partial charge in [-0.25, -0.2) is 4.52 Å². The standard InChI is InChI=1S/C11H15N5O2/c1-8-3-2-5-16-10(8)14-11(15-16)13-4-6-18-7-9(12)17/h2-3,5H,4,6-7H2,1H3,(H2,12,17)(H,13,15). The molecule has 0 aliphatic heterocycles. The molecule has 0 saturated heterocycles. The number of hydrogen-bond donors (Lipinski definition) is 2. The first-order valence-corrected chi connectivity index (χ1v) is 5.59. The van der Waals surface area contributed by atoms with Gasteiger partial charge in [-0.1, -0.05) is 6.07 Å². The van der Waals surface area contributed by atoms with Crippen molar-refractivity contribution in [3.05, 3.63) is 23.9 Å². The van der Waals surface area contributed by atoms with Gasteiger partial charge in [0.05, 0.1) is 6.61 Å². The molecular formula is C11H15N5O2. The Kier molecular flexibility index (Phi) is 3.73. The molecule has 0 saturated carbocycles. The lowest BCUT2D eigenvalue weighted by molar-refractivity contribution is -0.122. The minimum atomic E-state index is -0.475. The third-order valence-corrected chi connectivity index (χ3v) is 2.33. The molecule has 2 rings (SSSR count). The van der Waals surface area contributed by atoms with Crippen LogP contribution in [0.2, 0.25) is 0 Å². The highest BCUT2D eigenvalue weighted by atomic mass is 16.5. The van der Waals surface area contributed by atoms with Gasteiger partial charge >= 0.3 is 0 Å². The molecule has 7 heteroatoms. The van der Waals surface area contributed by atoms with Crippen LogP contribution in [0.3, 0.4) is 0 Å². The number of pyridine rings is 1. The number of carbonyl (C=O) groups excluding carboxylic acids is 1. The Labute approximate surface area is 104 Å². The lowest BCUT2D eigenvalue weighted by atomic mass is 10.3. The third kappa shape index (κ3) is 2.95. The number of aryl methyl sites for hydroxylation is 1. The average Bonchev–Trinajstić information content (AvgIpc) is 2.72. The normalized spacial score (nSPS) is 10.7. The van der Waals surface area contributed by atoms with E-state index in [0.29, 0.717) is 19.1 Å². The van der Waals surface area contributed by atoms with E-state index in [0.717, 1.165) is 11.2 Å². The second-order valence-electron chi connectivity index (χ2n) is 3.84. The molecule has 18 heavy (non-hydrogen) atoms. The van der Waals surface area contributed by atoms with Gasteiger partial charge in [0, 0.05) is 12.7 Å². The number of nitrogens with one attached hydrogen (secondary N) is 1. The Morgan fingerprint density at radius 3 is 3.17 bits per heavy atom. The van der Waals surface area contributed by atoms with E-state index in [2.05, 4.69) is 15.4 Å². The number of carbonyl (C=O) groups is 1. The molecule has 0 aliphatic rings. The largest absolute Gasteiger partial charge is 0.370 e. The molecule has 0 spiro atoms. The van der Waals surface area contributed by atoms with E-state index in [4.69, 9.17) is 10.5 Å². The molecule has 0 aromatic carbocycles. The van der Waals surface area contributed by atoms with E-state index >= 15 is 0 Å². The van der Waals surface area contributed by atoms with Gasteiger partial charge in [0.1, 0.15) is 6.61 Å². The summed E-state index contributed by atoms with van der Waals surface area (Å²) >= 11 is 0. The van der Waals surface area contributed by atoms with Gasteiger partial charge in [-0.3, -0.25) is 4.79 Å². The van der Waals surface area contributed by atoms with Crippen molar-refractivity contribution < 1.29 is 9.53 Å². The van der Waals surface area contributed by atoms with Crippen molar-refractivity contribution >= 4 is 17.5 Å². The summed E-state index contributed by atoms with van der Waals surface area (Å²) in [5, 5.41) is 7.27. The summed E-state index contributed by atoms with van der Waals surface area (Å²) in [5.41, 5.74) is 6.82. The molecule has 0 bridgehead atoms. The van der Waals surface area contributed by atoms with Crippen molar-refractivity contribution in [1.82, 2.24) is 14.6 Å². The molecular weight excluding hydrogens is 234 g/mol. The number of anilines is 1. The summed E-state index contributed by atoms with van der Waals surface area (Å²) in [6.45, 7) is 2.80. The Morgan fingerprint density at radius 2 is 2.44 bits per heavy atom. The summed E-state index contributed by atoms with van der Waals surface area (Å²) in [6.07, 6.45) is 1.84. The lowest BCUT2D eigenvalue weighted by Gasteiger charge is -2.01. The number of primary amides is 1. The Morgan fingerprint density at radius 1 is 1.61 bits per heavy atom. The number of amides is 1. The fraction of sp³-hybridized carbons (Fsp3) is 0.364. The van der Waals surface area contributed by atoms with E-state index in [-0.39, 0.29) is 6.61 Å². The zero-order valence-corrected chi connectivity index (χ0v) is 10.1. The number of hydrogen-bond acceptors (Lipinski definition) is 5. The highest BCUT2D eigenvalue weighted by Crippen LogP contribution is 2.09. The molecule has 2 aromatic rings. The smallest absolute Gasteiger partial charge is 0.243 e. The monoisotopic (exact) mass is 249 g/mol. The molecule has 96 valence electrons. The molecule has 1 amide bonds. The number of nitrogens with two attached hydrogens (primary N) is 1. The van der Waals surface area contributed by atoms with Gasteiger partial charge in [0.15, 0.2) is 5.65 Å². The van der Waals surface area contributed by atoms with Gasteiger partial charge in [-0.2, -0.15) is 4.98 Å². The van der Waals surface area contributed by atoms with Crippen molar-refractivity contribution in [3.8, 4) is 0 Å². The minimum absolute atomic E-state index is 0.0701. The molecule has 7 nitrogen and oxygen atoms in total. The fourth-order valence-electron chi connectivity index (χ4n) is 1.52.